The number of benzene rings is 1. The molecule has 7 heteroatoms. The van der Waals surface area contributed by atoms with Crippen LogP contribution in [0.25, 0.3) is 0 Å². The zero-order valence-corrected chi connectivity index (χ0v) is 10.1. The fourth-order valence-corrected chi connectivity index (χ4v) is 1.81. The normalized spacial score (nSPS) is 10.6. The van der Waals surface area contributed by atoms with Gasteiger partial charge in [0.1, 0.15) is 0 Å². The second kappa shape index (κ2) is 5.16. The average molecular weight is 267 g/mol. The van der Waals surface area contributed by atoms with Crippen molar-refractivity contribution in [2.45, 2.75) is 13.1 Å². The van der Waals surface area contributed by atoms with Crippen molar-refractivity contribution in [3.8, 4) is 0 Å². The molecule has 6 nitrogen and oxygen atoms in total. The molecule has 0 aliphatic rings. The van der Waals surface area contributed by atoms with E-state index in [0.717, 1.165) is 5.56 Å². The number of hydrogen-bond acceptors (Lipinski definition) is 4. The van der Waals surface area contributed by atoms with E-state index in [-0.39, 0.29) is 12.2 Å². The smallest absolute Gasteiger partial charge is 0.358 e. The third-order valence-corrected chi connectivity index (χ3v) is 2.88. The predicted molar refractivity (Wildman–Crippen MR) is 65.4 cm³/mol. The van der Waals surface area contributed by atoms with Gasteiger partial charge in [-0.05, 0) is 11.6 Å². The Labute approximate surface area is 108 Å². The Bertz CT molecular complexity index is 582. The molecule has 0 atom stereocenters. The number of carboxylic acids is 1. The van der Waals surface area contributed by atoms with Crippen molar-refractivity contribution in [3.05, 3.63) is 46.2 Å². The minimum absolute atomic E-state index is 0.0546. The van der Waals surface area contributed by atoms with Gasteiger partial charge in [-0.25, -0.2) is 9.48 Å². The average Bonchev–Trinajstić information content (AvgIpc) is 2.75. The van der Waals surface area contributed by atoms with Crippen LogP contribution in [-0.2, 0) is 13.1 Å². The van der Waals surface area contributed by atoms with E-state index in [1.54, 1.807) is 6.07 Å². The van der Waals surface area contributed by atoms with E-state index in [9.17, 15) is 4.79 Å². The molecule has 2 aromatic rings. The SMILES string of the molecule is NCc1c(C(=O)O)nnn1Cc1ccccc1Cl. The minimum atomic E-state index is -1.14. The molecule has 0 bridgehead atoms. The highest BCUT2D eigenvalue weighted by atomic mass is 35.5. The van der Waals surface area contributed by atoms with Gasteiger partial charge in [-0.2, -0.15) is 0 Å². The molecule has 3 N–H and O–H groups in total. The number of aromatic nitrogens is 3. The number of rotatable bonds is 4. The van der Waals surface area contributed by atoms with Gasteiger partial charge >= 0.3 is 5.97 Å². The van der Waals surface area contributed by atoms with Gasteiger partial charge in [0.15, 0.2) is 5.69 Å². The van der Waals surface area contributed by atoms with Crippen molar-refractivity contribution in [3.63, 3.8) is 0 Å². The Morgan fingerprint density at radius 2 is 2.17 bits per heavy atom. The van der Waals surface area contributed by atoms with E-state index < -0.39 is 5.97 Å². The zero-order valence-electron chi connectivity index (χ0n) is 9.38. The Morgan fingerprint density at radius 1 is 1.44 bits per heavy atom. The van der Waals surface area contributed by atoms with Crippen LogP contribution < -0.4 is 5.73 Å². The Hall–Kier alpha value is -1.92. The van der Waals surface area contributed by atoms with E-state index in [1.165, 1.54) is 4.68 Å². The van der Waals surface area contributed by atoms with Gasteiger partial charge in [0.2, 0.25) is 0 Å². The molecule has 1 heterocycles. The summed E-state index contributed by atoms with van der Waals surface area (Å²) >= 11 is 6.03. The fraction of sp³-hybridized carbons (Fsp3) is 0.182. The summed E-state index contributed by atoms with van der Waals surface area (Å²) in [5.41, 5.74) is 6.61. The van der Waals surface area contributed by atoms with Gasteiger partial charge in [-0.1, -0.05) is 35.0 Å². The number of nitrogens with zero attached hydrogens (tertiary/aromatic N) is 3. The van der Waals surface area contributed by atoms with Gasteiger partial charge in [0, 0.05) is 11.6 Å². The molecule has 94 valence electrons. The zero-order chi connectivity index (χ0) is 13.1. The first kappa shape index (κ1) is 12.5. The summed E-state index contributed by atoms with van der Waals surface area (Å²) in [4.78, 5) is 10.9. The molecule has 0 saturated heterocycles. The number of carbonyl (C=O) groups is 1. The molecule has 0 amide bonds. The summed E-state index contributed by atoms with van der Waals surface area (Å²) in [5.74, 6) is -1.14. The van der Waals surface area contributed by atoms with Crippen LogP contribution in [0.2, 0.25) is 5.02 Å². The molecule has 1 aromatic carbocycles. The molecule has 0 aliphatic heterocycles. The largest absolute Gasteiger partial charge is 0.476 e. The highest BCUT2D eigenvalue weighted by Gasteiger charge is 2.18. The fourth-order valence-electron chi connectivity index (χ4n) is 1.62. The summed E-state index contributed by atoms with van der Waals surface area (Å²) in [6.45, 7) is 0.394. The number of nitrogens with two attached hydrogens (primary N) is 1. The molecular weight excluding hydrogens is 256 g/mol. The van der Waals surface area contributed by atoms with Crippen molar-refractivity contribution in [2.24, 2.45) is 5.73 Å². The van der Waals surface area contributed by atoms with Crippen molar-refractivity contribution in [1.82, 2.24) is 15.0 Å². The highest BCUT2D eigenvalue weighted by molar-refractivity contribution is 6.31. The summed E-state index contributed by atoms with van der Waals surface area (Å²) in [6.07, 6.45) is 0. The van der Waals surface area contributed by atoms with Gasteiger partial charge in [-0.3, -0.25) is 0 Å². The van der Waals surface area contributed by atoms with Crippen LogP contribution in [0.1, 0.15) is 21.7 Å². The third kappa shape index (κ3) is 2.34. The Balaban J connectivity index is 2.35. The molecule has 2 rings (SSSR count). The second-order valence-electron chi connectivity index (χ2n) is 3.64. The molecule has 0 saturated carbocycles. The van der Waals surface area contributed by atoms with Crippen molar-refractivity contribution in [1.29, 1.82) is 0 Å². The van der Waals surface area contributed by atoms with Gasteiger partial charge in [0.05, 0.1) is 12.2 Å². The quantitative estimate of drug-likeness (QED) is 0.865. The van der Waals surface area contributed by atoms with Crippen LogP contribution >= 0.6 is 11.6 Å². The lowest BCUT2D eigenvalue weighted by Gasteiger charge is -2.06. The van der Waals surface area contributed by atoms with Gasteiger partial charge in [-0.15, -0.1) is 5.10 Å². The number of aromatic carboxylic acids is 1. The standard InChI is InChI=1S/C11H11ClN4O2/c12-8-4-2-1-3-7(8)6-16-9(5-13)10(11(17)18)14-15-16/h1-4H,5-6,13H2,(H,17,18). The van der Waals surface area contributed by atoms with Crippen molar-refractivity contribution in [2.75, 3.05) is 0 Å². The number of halogens is 1. The molecule has 0 spiro atoms. The van der Waals surface area contributed by atoms with Crippen LogP contribution in [0, 0.1) is 0 Å². The van der Waals surface area contributed by atoms with Crippen LogP contribution in [0.3, 0.4) is 0 Å². The van der Waals surface area contributed by atoms with E-state index >= 15 is 0 Å². The van der Waals surface area contributed by atoms with Crippen molar-refractivity contribution >= 4 is 17.6 Å². The molecule has 18 heavy (non-hydrogen) atoms. The summed E-state index contributed by atoms with van der Waals surface area (Å²) in [7, 11) is 0. The Morgan fingerprint density at radius 3 is 2.78 bits per heavy atom. The maximum Gasteiger partial charge on any atom is 0.358 e. The molecule has 0 unspecified atom stereocenters. The molecule has 0 aliphatic carbocycles. The van der Waals surface area contributed by atoms with Crippen molar-refractivity contribution < 1.29 is 9.90 Å². The van der Waals surface area contributed by atoms with E-state index in [1.807, 2.05) is 18.2 Å². The van der Waals surface area contributed by atoms with Crippen LogP contribution in [-0.4, -0.2) is 26.1 Å². The van der Waals surface area contributed by atoms with Crippen LogP contribution in [0.5, 0.6) is 0 Å². The summed E-state index contributed by atoms with van der Waals surface area (Å²) < 4.78 is 1.45. The third-order valence-electron chi connectivity index (χ3n) is 2.51. The van der Waals surface area contributed by atoms with Gasteiger partial charge < -0.3 is 10.8 Å². The Kier molecular flexibility index (Phi) is 3.59. The first-order chi connectivity index (χ1) is 8.63. The summed E-state index contributed by atoms with van der Waals surface area (Å²) in [6, 6.07) is 7.26. The molecule has 1 aromatic heterocycles. The minimum Gasteiger partial charge on any atom is -0.476 e. The number of carboxylic acid groups (broad SMARTS) is 1. The predicted octanol–water partition coefficient (Wildman–Crippen LogP) is 1.14. The molecular formula is C11H11ClN4O2. The van der Waals surface area contributed by atoms with Gasteiger partial charge in [0.25, 0.3) is 0 Å². The lowest BCUT2D eigenvalue weighted by atomic mass is 10.2. The van der Waals surface area contributed by atoms with E-state index in [0.29, 0.717) is 17.3 Å². The summed E-state index contributed by atoms with van der Waals surface area (Å²) in [5, 5.41) is 16.9. The van der Waals surface area contributed by atoms with Crippen LogP contribution in [0.4, 0.5) is 0 Å². The molecule has 0 radical (unpaired) electrons. The topological polar surface area (TPSA) is 94.0 Å². The van der Waals surface area contributed by atoms with Crippen LogP contribution in [0.15, 0.2) is 24.3 Å². The molecule has 0 fully saturated rings. The van der Waals surface area contributed by atoms with E-state index in [4.69, 9.17) is 22.4 Å². The lowest BCUT2D eigenvalue weighted by Crippen LogP contribution is -2.13. The first-order valence-electron chi connectivity index (χ1n) is 5.22. The maximum atomic E-state index is 10.9. The highest BCUT2D eigenvalue weighted by Crippen LogP contribution is 2.17. The first-order valence-corrected chi connectivity index (χ1v) is 5.60. The number of hydrogen-bond donors (Lipinski definition) is 2. The maximum absolute atomic E-state index is 10.9. The lowest BCUT2D eigenvalue weighted by molar-refractivity contribution is 0.0689. The van der Waals surface area contributed by atoms with E-state index in [2.05, 4.69) is 10.3 Å². The monoisotopic (exact) mass is 266 g/mol. The second-order valence-corrected chi connectivity index (χ2v) is 4.05.